The van der Waals surface area contributed by atoms with Crippen LogP contribution in [0.5, 0.6) is 0 Å². The second-order valence-electron chi connectivity index (χ2n) is 9.07. The van der Waals surface area contributed by atoms with Crippen LogP contribution in [0.2, 0.25) is 0 Å². The monoisotopic (exact) mass is 403 g/mol. The molecule has 0 saturated heterocycles. The van der Waals surface area contributed by atoms with Gasteiger partial charge in [-0.1, -0.05) is 12.1 Å². The van der Waals surface area contributed by atoms with Crippen molar-refractivity contribution < 1.29 is 19.1 Å². The number of amides is 1. The minimum Gasteiger partial charge on any atom is -0.452 e. The first kappa shape index (κ1) is 19.4. The lowest BCUT2D eigenvalue weighted by atomic mass is 9.49. The van der Waals surface area contributed by atoms with E-state index >= 15 is 0 Å². The molecule has 4 aliphatic rings. The summed E-state index contributed by atoms with van der Waals surface area (Å²) >= 11 is 6.80. The number of hydrogen-bond donors (Lipinski definition) is 1. The Balaban J connectivity index is 1.41. The van der Waals surface area contributed by atoms with E-state index in [0.717, 1.165) is 32.1 Å². The van der Waals surface area contributed by atoms with Gasteiger partial charge in [-0.25, -0.2) is 0 Å². The highest BCUT2D eigenvalue weighted by Crippen LogP contribution is 2.64. The Morgan fingerprint density at radius 3 is 2.46 bits per heavy atom. The number of alkyl halides is 1. The minimum absolute atomic E-state index is 0.0765. The van der Waals surface area contributed by atoms with Crippen LogP contribution in [0.3, 0.4) is 0 Å². The summed E-state index contributed by atoms with van der Waals surface area (Å²) in [6.45, 7) is 3.06. The maximum Gasteiger partial charge on any atom is 0.312 e. The zero-order valence-corrected chi connectivity index (χ0v) is 17.1. The van der Waals surface area contributed by atoms with Crippen molar-refractivity contribution in [3.8, 4) is 0 Å². The number of nitrogens with one attached hydrogen (secondary N) is 1. The van der Waals surface area contributed by atoms with E-state index < -0.39 is 17.4 Å². The van der Waals surface area contributed by atoms with Gasteiger partial charge < -0.3 is 10.1 Å². The summed E-state index contributed by atoms with van der Waals surface area (Å²) in [4.78, 5) is 36.8. The predicted octanol–water partition coefficient (Wildman–Crippen LogP) is 4.34. The van der Waals surface area contributed by atoms with E-state index in [-0.39, 0.29) is 16.6 Å². The summed E-state index contributed by atoms with van der Waals surface area (Å²) in [5.41, 5.74) is 0.494. The molecule has 5 rings (SSSR count). The third kappa shape index (κ3) is 3.57. The molecule has 4 bridgehead atoms. The van der Waals surface area contributed by atoms with Crippen molar-refractivity contribution >= 4 is 34.9 Å². The first-order chi connectivity index (χ1) is 13.2. The summed E-state index contributed by atoms with van der Waals surface area (Å²) in [7, 11) is 0. The van der Waals surface area contributed by atoms with Crippen LogP contribution in [0.1, 0.15) is 62.7 Å². The van der Waals surface area contributed by atoms with Crippen LogP contribution >= 0.6 is 11.6 Å². The van der Waals surface area contributed by atoms with E-state index in [0.29, 0.717) is 29.5 Å². The number of ether oxygens (including phenoxy) is 1. The molecular weight excluding hydrogens is 378 g/mol. The number of carbonyl (C=O) groups is 3. The highest BCUT2D eigenvalue weighted by atomic mass is 35.5. The van der Waals surface area contributed by atoms with Crippen molar-refractivity contribution in [2.24, 2.45) is 17.3 Å². The van der Waals surface area contributed by atoms with Gasteiger partial charge >= 0.3 is 5.97 Å². The van der Waals surface area contributed by atoms with Crippen LogP contribution in [-0.4, -0.2) is 28.6 Å². The van der Waals surface area contributed by atoms with Crippen LogP contribution in [-0.2, 0) is 14.3 Å². The Labute approximate surface area is 170 Å². The number of ketones is 1. The predicted molar refractivity (Wildman–Crippen MR) is 106 cm³/mol. The van der Waals surface area contributed by atoms with E-state index in [1.165, 1.54) is 6.92 Å². The van der Waals surface area contributed by atoms with E-state index in [1.807, 2.05) is 0 Å². The van der Waals surface area contributed by atoms with Gasteiger partial charge in [0.25, 0.3) is 5.91 Å². The van der Waals surface area contributed by atoms with Crippen molar-refractivity contribution in [2.75, 3.05) is 5.32 Å². The molecule has 0 spiro atoms. The van der Waals surface area contributed by atoms with E-state index in [9.17, 15) is 14.4 Å². The molecule has 0 aromatic heterocycles. The molecule has 4 aliphatic carbocycles. The molecule has 6 heteroatoms. The van der Waals surface area contributed by atoms with Gasteiger partial charge in [-0.3, -0.25) is 14.4 Å². The first-order valence-corrected chi connectivity index (χ1v) is 10.4. The second-order valence-corrected chi connectivity index (χ2v) is 9.87. The molecule has 0 radical (unpaired) electrons. The molecule has 5 atom stereocenters. The summed E-state index contributed by atoms with van der Waals surface area (Å²) in [5.74, 6) is 0.216. The Morgan fingerprint density at radius 1 is 1.18 bits per heavy atom. The fourth-order valence-corrected chi connectivity index (χ4v) is 6.48. The smallest absolute Gasteiger partial charge is 0.312 e. The molecule has 4 saturated carbocycles. The lowest BCUT2D eigenvalue weighted by molar-refractivity contribution is -0.176. The number of Topliss-reactive ketones (excluding diaryl/α,β-unsaturated/α-hetero) is 1. The zero-order valence-electron chi connectivity index (χ0n) is 16.3. The molecule has 1 N–H and O–H groups in total. The molecule has 0 heterocycles. The van der Waals surface area contributed by atoms with Gasteiger partial charge in [-0.15, -0.1) is 11.6 Å². The molecule has 2 unspecified atom stereocenters. The molecule has 28 heavy (non-hydrogen) atoms. The summed E-state index contributed by atoms with van der Waals surface area (Å²) in [5, 5.41) is 2.73. The van der Waals surface area contributed by atoms with Gasteiger partial charge in [-0.05, 0) is 76.3 Å². The Kier molecular flexibility index (Phi) is 4.77. The molecule has 1 aromatic carbocycles. The number of halogens is 1. The fraction of sp³-hybridized carbons (Fsp3) is 0.591. The van der Waals surface area contributed by atoms with E-state index in [2.05, 4.69) is 5.32 Å². The van der Waals surface area contributed by atoms with Gasteiger partial charge in [0.1, 0.15) is 0 Å². The molecule has 4 fully saturated rings. The van der Waals surface area contributed by atoms with Crippen LogP contribution in [0.15, 0.2) is 24.3 Å². The Hall–Kier alpha value is -1.88. The number of benzene rings is 1. The average Bonchev–Trinajstić information content (AvgIpc) is 2.59. The van der Waals surface area contributed by atoms with Crippen molar-refractivity contribution in [3.05, 3.63) is 29.8 Å². The molecule has 5 nitrogen and oxygen atoms in total. The standard InChI is InChI=1S/C22H26ClNO4/c1-13(25)17-4-3-5-18(7-17)24-19(26)14(2)28-20(27)21-8-15-6-16(9-21)11-22(23,10-15)12-21/h3-5,7,14-16H,6,8-12H2,1-2H3,(H,24,26)/t14-,15-,16+,21?,22?/m1/s1. The first-order valence-electron chi connectivity index (χ1n) is 10.00. The van der Waals surface area contributed by atoms with Crippen molar-refractivity contribution in [1.82, 2.24) is 0 Å². The second kappa shape index (κ2) is 6.87. The number of carbonyl (C=O) groups excluding carboxylic acids is 3. The third-order valence-corrected chi connectivity index (χ3v) is 7.05. The lowest BCUT2D eigenvalue weighted by Crippen LogP contribution is -2.57. The normalized spacial score (nSPS) is 34.0. The van der Waals surface area contributed by atoms with Crippen molar-refractivity contribution in [2.45, 2.75) is 63.4 Å². The van der Waals surface area contributed by atoms with E-state index in [4.69, 9.17) is 16.3 Å². The number of hydrogen-bond acceptors (Lipinski definition) is 4. The van der Waals surface area contributed by atoms with Gasteiger partial charge in [0.2, 0.25) is 0 Å². The molecule has 1 amide bonds. The van der Waals surface area contributed by atoms with Gasteiger partial charge in [0.05, 0.1) is 5.41 Å². The average molecular weight is 404 g/mol. The molecule has 1 aromatic rings. The van der Waals surface area contributed by atoms with Gasteiger partial charge in [-0.2, -0.15) is 0 Å². The minimum atomic E-state index is -0.909. The maximum absolute atomic E-state index is 13.0. The summed E-state index contributed by atoms with van der Waals surface area (Å²) < 4.78 is 5.62. The Morgan fingerprint density at radius 2 is 1.86 bits per heavy atom. The highest BCUT2D eigenvalue weighted by Gasteiger charge is 2.61. The van der Waals surface area contributed by atoms with Gasteiger partial charge in [0, 0.05) is 16.1 Å². The number of rotatable bonds is 5. The SMILES string of the molecule is CC(=O)c1cccc(NC(=O)[C@@H](C)OC(=O)C23C[C@@H]4C[C@@H](CC(Cl)(C4)C2)C3)c1. The quantitative estimate of drug-likeness (QED) is 0.451. The summed E-state index contributed by atoms with van der Waals surface area (Å²) in [6.07, 6.45) is 4.53. The summed E-state index contributed by atoms with van der Waals surface area (Å²) in [6, 6.07) is 6.72. The number of anilines is 1. The van der Waals surface area contributed by atoms with Crippen LogP contribution in [0.25, 0.3) is 0 Å². The van der Waals surface area contributed by atoms with Crippen molar-refractivity contribution in [3.63, 3.8) is 0 Å². The third-order valence-electron chi connectivity index (χ3n) is 6.61. The fourth-order valence-electron chi connectivity index (χ4n) is 5.79. The number of esters is 1. The van der Waals surface area contributed by atoms with Crippen molar-refractivity contribution in [1.29, 1.82) is 0 Å². The molecular formula is C22H26ClNO4. The van der Waals surface area contributed by atoms with Gasteiger partial charge in [0.15, 0.2) is 11.9 Å². The van der Waals surface area contributed by atoms with E-state index in [1.54, 1.807) is 31.2 Å². The topological polar surface area (TPSA) is 72.5 Å². The maximum atomic E-state index is 13.0. The largest absolute Gasteiger partial charge is 0.452 e. The van der Waals surface area contributed by atoms with Crippen LogP contribution in [0.4, 0.5) is 5.69 Å². The highest BCUT2D eigenvalue weighted by molar-refractivity contribution is 6.24. The van der Waals surface area contributed by atoms with Crippen LogP contribution < -0.4 is 5.32 Å². The molecule has 150 valence electrons. The Bertz CT molecular complexity index is 822. The zero-order chi connectivity index (χ0) is 20.1. The lowest BCUT2D eigenvalue weighted by Gasteiger charge is -2.58. The molecule has 0 aliphatic heterocycles. The van der Waals surface area contributed by atoms with Crippen LogP contribution in [0, 0.1) is 17.3 Å².